The minimum absolute atomic E-state index is 0.275. The van der Waals surface area contributed by atoms with Crippen LogP contribution in [0.5, 0.6) is 0 Å². The number of amides is 2. The molecule has 1 rings (SSSR count). The van der Waals surface area contributed by atoms with Crippen molar-refractivity contribution in [3.8, 4) is 0 Å². The van der Waals surface area contributed by atoms with Crippen LogP contribution in [0.15, 0.2) is 22.8 Å². The fraction of sp³-hybridized carbons (Fsp3) is 0.375. The molecule has 13 heavy (non-hydrogen) atoms. The van der Waals surface area contributed by atoms with Gasteiger partial charge < -0.3 is 15.5 Å². The second-order valence-corrected chi connectivity index (χ2v) is 2.50. The fourth-order valence-corrected chi connectivity index (χ4v) is 0.810. The molecule has 72 valence electrons. The van der Waals surface area contributed by atoms with Gasteiger partial charge in [0.2, 0.25) is 5.88 Å². The van der Waals surface area contributed by atoms with E-state index in [4.69, 9.17) is 10.2 Å². The summed E-state index contributed by atoms with van der Waals surface area (Å²) >= 11 is 0. The van der Waals surface area contributed by atoms with E-state index in [1.165, 1.54) is 6.26 Å². The van der Waals surface area contributed by atoms with E-state index < -0.39 is 0 Å². The Kier molecular flexibility index (Phi) is 3.84. The Balaban J connectivity index is 2.18. The van der Waals surface area contributed by atoms with Gasteiger partial charge in [-0.3, -0.25) is 5.32 Å². The number of anilines is 1. The highest BCUT2D eigenvalue weighted by molar-refractivity contribution is 5.87. The third-order valence-electron chi connectivity index (χ3n) is 1.42. The number of carbonyl (C=O) groups is 1. The first-order chi connectivity index (χ1) is 6.33. The Morgan fingerprint density at radius 3 is 3.08 bits per heavy atom. The summed E-state index contributed by atoms with van der Waals surface area (Å²) in [7, 11) is 0. The summed E-state index contributed by atoms with van der Waals surface area (Å²) in [5.41, 5.74) is 5.26. The number of nitrogens with two attached hydrogens (primary N) is 1. The van der Waals surface area contributed by atoms with Gasteiger partial charge in [0.05, 0.1) is 6.26 Å². The maximum absolute atomic E-state index is 11.1. The lowest BCUT2D eigenvalue weighted by Gasteiger charge is -2.03. The summed E-state index contributed by atoms with van der Waals surface area (Å²) < 4.78 is 4.91. The molecule has 1 aromatic rings. The second kappa shape index (κ2) is 5.21. The van der Waals surface area contributed by atoms with Crippen LogP contribution in [0, 0.1) is 0 Å². The van der Waals surface area contributed by atoms with Crippen LogP contribution in [-0.4, -0.2) is 19.1 Å². The topological polar surface area (TPSA) is 80.3 Å². The lowest BCUT2D eigenvalue weighted by molar-refractivity contribution is 0.251. The van der Waals surface area contributed by atoms with E-state index in [0.29, 0.717) is 19.0 Å². The summed E-state index contributed by atoms with van der Waals surface area (Å²) in [6, 6.07) is 3.10. The average molecular weight is 183 g/mol. The summed E-state index contributed by atoms with van der Waals surface area (Å²) in [4.78, 5) is 11.1. The van der Waals surface area contributed by atoms with Crippen LogP contribution in [-0.2, 0) is 0 Å². The van der Waals surface area contributed by atoms with Crippen LogP contribution >= 0.6 is 0 Å². The Hall–Kier alpha value is -1.49. The molecule has 0 aliphatic heterocycles. The van der Waals surface area contributed by atoms with Crippen molar-refractivity contribution < 1.29 is 9.21 Å². The van der Waals surface area contributed by atoms with Crippen molar-refractivity contribution in [3.63, 3.8) is 0 Å². The van der Waals surface area contributed by atoms with Gasteiger partial charge in [0, 0.05) is 12.6 Å². The van der Waals surface area contributed by atoms with Gasteiger partial charge in [-0.05, 0) is 19.0 Å². The number of hydrogen-bond donors (Lipinski definition) is 3. The highest BCUT2D eigenvalue weighted by Gasteiger charge is 2.00. The molecule has 0 spiro atoms. The molecule has 5 heteroatoms. The molecule has 0 atom stereocenters. The van der Waals surface area contributed by atoms with E-state index in [1.54, 1.807) is 12.1 Å². The largest absolute Gasteiger partial charge is 0.449 e. The standard InChI is InChI=1S/C8H13N3O2/c9-4-2-5-10-8(12)11-7-3-1-6-13-7/h1,3,6H,2,4-5,9H2,(H2,10,11,12). The monoisotopic (exact) mass is 183 g/mol. The van der Waals surface area contributed by atoms with Crippen LogP contribution in [0.3, 0.4) is 0 Å². The maximum Gasteiger partial charge on any atom is 0.321 e. The molecule has 0 aromatic carbocycles. The van der Waals surface area contributed by atoms with Gasteiger partial charge in [0.1, 0.15) is 0 Å². The van der Waals surface area contributed by atoms with Gasteiger partial charge in [-0.1, -0.05) is 0 Å². The third-order valence-corrected chi connectivity index (χ3v) is 1.42. The smallest absolute Gasteiger partial charge is 0.321 e. The Bertz CT molecular complexity index is 246. The molecule has 0 aliphatic carbocycles. The lowest BCUT2D eigenvalue weighted by atomic mass is 10.4. The van der Waals surface area contributed by atoms with Gasteiger partial charge in [-0.25, -0.2) is 4.79 Å². The van der Waals surface area contributed by atoms with Gasteiger partial charge in [-0.15, -0.1) is 0 Å². The predicted octanol–water partition coefficient (Wildman–Crippen LogP) is 0.750. The maximum atomic E-state index is 11.1. The molecule has 0 saturated carbocycles. The van der Waals surface area contributed by atoms with Crippen molar-refractivity contribution in [2.45, 2.75) is 6.42 Å². The SMILES string of the molecule is NCCCNC(=O)Nc1ccco1. The number of urea groups is 1. The van der Waals surface area contributed by atoms with E-state index in [-0.39, 0.29) is 6.03 Å². The van der Waals surface area contributed by atoms with Crippen LogP contribution in [0.1, 0.15) is 6.42 Å². The number of hydrogen-bond acceptors (Lipinski definition) is 3. The van der Waals surface area contributed by atoms with E-state index >= 15 is 0 Å². The number of nitrogens with one attached hydrogen (secondary N) is 2. The van der Waals surface area contributed by atoms with E-state index in [9.17, 15) is 4.79 Å². The first-order valence-corrected chi connectivity index (χ1v) is 4.11. The van der Waals surface area contributed by atoms with Crippen molar-refractivity contribution >= 4 is 11.9 Å². The van der Waals surface area contributed by atoms with Crippen molar-refractivity contribution in [3.05, 3.63) is 18.4 Å². The molecule has 1 heterocycles. The van der Waals surface area contributed by atoms with E-state index in [0.717, 1.165) is 6.42 Å². The molecular weight excluding hydrogens is 170 g/mol. The van der Waals surface area contributed by atoms with Crippen LogP contribution in [0.25, 0.3) is 0 Å². The van der Waals surface area contributed by atoms with Gasteiger partial charge in [0.15, 0.2) is 0 Å². The highest BCUT2D eigenvalue weighted by atomic mass is 16.3. The van der Waals surface area contributed by atoms with Gasteiger partial charge in [-0.2, -0.15) is 0 Å². The van der Waals surface area contributed by atoms with Crippen molar-refractivity contribution in [1.82, 2.24) is 5.32 Å². The zero-order valence-electron chi connectivity index (χ0n) is 7.25. The Morgan fingerprint density at radius 1 is 1.62 bits per heavy atom. The Morgan fingerprint density at radius 2 is 2.46 bits per heavy atom. The lowest BCUT2D eigenvalue weighted by Crippen LogP contribution is -2.30. The Labute approximate surface area is 76.3 Å². The van der Waals surface area contributed by atoms with Gasteiger partial charge in [0.25, 0.3) is 0 Å². The molecule has 0 unspecified atom stereocenters. The molecule has 4 N–H and O–H groups in total. The minimum Gasteiger partial charge on any atom is -0.449 e. The van der Waals surface area contributed by atoms with Crippen LogP contribution in [0.4, 0.5) is 10.7 Å². The minimum atomic E-state index is -0.275. The molecule has 0 radical (unpaired) electrons. The molecule has 0 fully saturated rings. The fourth-order valence-electron chi connectivity index (χ4n) is 0.810. The first-order valence-electron chi connectivity index (χ1n) is 4.11. The molecule has 1 aromatic heterocycles. The van der Waals surface area contributed by atoms with Gasteiger partial charge >= 0.3 is 6.03 Å². The number of rotatable bonds is 4. The third kappa shape index (κ3) is 3.62. The average Bonchev–Trinajstić information content (AvgIpc) is 2.57. The molecule has 0 saturated heterocycles. The molecular formula is C8H13N3O2. The number of carbonyl (C=O) groups excluding carboxylic acids is 1. The van der Waals surface area contributed by atoms with Crippen molar-refractivity contribution in [2.24, 2.45) is 5.73 Å². The van der Waals surface area contributed by atoms with E-state index in [2.05, 4.69) is 10.6 Å². The molecule has 2 amide bonds. The summed E-state index contributed by atoms with van der Waals surface area (Å²) in [5.74, 6) is 0.435. The highest BCUT2D eigenvalue weighted by Crippen LogP contribution is 2.05. The molecule has 5 nitrogen and oxygen atoms in total. The molecule has 0 aliphatic rings. The summed E-state index contributed by atoms with van der Waals surface area (Å²) in [6.45, 7) is 1.14. The predicted molar refractivity (Wildman–Crippen MR) is 49.4 cm³/mol. The summed E-state index contributed by atoms with van der Waals surface area (Å²) in [5, 5.41) is 5.16. The first kappa shape index (κ1) is 9.60. The molecule has 0 bridgehead atoms. The van der Waals surface area contributed by atoms with Crippen molar-refractivity contribution in [2.75, 3.05) is 18.4 Å². The quantitative estimate of drug-likeness (QED) is 0.602. The second-order valence-electron chi connectivity index (χ2n) is 2.50. The van der Waals surface area contributed by atoms with Crippen LogP contribution < -0.4 is 16.4 Å². The summed E-state index contributed by atoms with van der Waals surface area (Å²) in [6.07, 6.45) is 2.26. The van der Waals surface area contributed by atoms with Crippen LogP contribution in [0.2, 0.25) is 0 Å². The zero-order valence-corrected chi connectivity index (χ0v) is 7.25. The number of furan rings is 1. The van der Waals surface area contributed by atoms with Crippen molar-refractivity contribution in [1.29, 1.82) is 0 Å². The zero-order chi connectivity index (χ0) is 9.52. The van der Waals surface area contributed by atoms with E-state index in [1.807, 2.05) is 0 Å². The normalized spacial score (nSPS) is 9.62.